The molecular formula is C18H17N3O5. The molecule has 0 aliphatic heterocycles. The van der Waals surface area contributed by atoms with E-state index in [0.717, 1.165) is 5.56 Å². The number of amides is 1. The number of carbonyl (C=O) groups excluding carboxylic acids is 1. The van der Waals surface area contributed by atoms with Crippen LogP contribution in [0.2, 0.25) is 0 Å². The van der Waals surface area contributed by atoms with Crippen molar-refractivity contribution in [1.82, 2.24) is 4.57 Å². The molecule has 8 nitrogen and oxygen atoms in total. The monoisotopic (exact) mass is 355 g/mol. The Balaban J connectivity index is 1.63. The number of nitro groups is 1. The van der Waals surface area contributed by atoms with Gasteiger partial charge in [-0.05, 0) is 31.0 Å². The molecule has 0 saturated heterocycles. The molecule has 0 aliphatic rings. The second-order valence-corrected chi connectivity index (χ2v) is 5.90. The van der Waals surface area contributed by atoms with Crippen LogP contribution in [0, 0.1) is 17.0 Å². The summed E-state index contributed by atoms with van der Waals surface area (Å²) in [5.41, 5.74) is 2.26. The molecule has 0 atom stereocenters. The van der Waals surface area contributed by atoms with Gasteiger partial charge in [0, 0.05) is 25.1 Å². The zero-order chi connectivity index (χ0) is 18.7. The van der Waals surface area contributed by atoms with E-state index in [-0.39, 0.29) is 18.0 Å². The third-order valence-electron chi connectivity index (χ3n) is 4.07. The largest absolute Gasteiger partial charge is 0.419 e. The number of nitrogens with one attached hydrogen (secondary N) is 1. The standard InChI is InChI=1S/C18H17N3O5/c1-12-8-9-13(21(24)25)11-14(12)19-17(22)7-4-10-20-15-5-2-3-6-16(15)26-18(20)23/h2-3,5-6,8-9,11H,4,7,10H2,1H3,(H,19,22). The van der Waals surface area contributed by atoms with Crippen molar-refractivity contribution in [3.05, 3.63) is 68.7 Å². The lowest BCUT2D eigenvalue weighted by molar-refractivity contribution is -0.384. The quantitative estimate of drug-likeness (QED) is 0.539. The molecule has 8 heteroatoms. The molecule has 0 radical (unpaired) electrons. The molecule has 0 aliphatic carbocycles. The van der Waals surface area contributed by atoms with Crippen molar-refractivity contribution in [2.75, 3.05) is 5.32 Å². The van der Waals surface area contributed by atoms with E-state index in [4.69, 9.17) is 4.42 Å². The number of hydrogen-bond donors (Lipinski definition) is 1. The van der Waals surface area contributed by atoms with Crippen molar-refractivity contribution in [2.45, 2.75) is 26.3 Å². The van der Waals surface area contributed by atoms with Gasteiger partial charge in [0.25, 0.3) is 5.69 Å². The Hall–Kier alpha value is -3.42. The number of benzene rings is 2. The van der Waals surface area contributed by atoms with E-state index in [1.165, 1.54) is 16.7 Å². The highest BCUT2D eigenvalue weighted by Gasteiger charge is 2.12. The molecule has 134 valence electrons. The number of fused-ring (bicyclic) bond motifs is 1. The molecule has 2 aromatic carbocycles. The fourth-order valence-corrected chi connectivity index (χ4v) is 2.69. The van der Waals surface area contributed by atoms with Gasteiger partial charge in [0.1, 0.15) is 0 Å². The SMILES string of the molecule is Cc1ccc([N+](=O)[O-])cc1NC(=O)CCCn1c(=O)oc2ccccc21. The Morgan fingerprint density at radius 2 is 2.04 bits per heavy atom. The normalized spacial score (nSPS) is 10.8. The zero-order valence-corrected chi connectivity index (χ0v) is 14.1. The van der Waals surface area contributed by atoms with Gasteiger partial charge in [-0.15, -0.1) is 0 Å². The van der Waals surface area contributed by atoms with Gasteiger partial charge in [0.05, 0.1) is 16.1 Å². The van der Waals surface area contributed by atoms with E-state index in [0.29, 0.717) is 29.8 Å². The van der Waals surface area contributed by atoms with Gasteiger partial charge in [-0.25, -0.2) is 4.79 Å². The predicted octanol–water partition coefficient (Wildman–Crippen LogP) is 3.23. The van der Waals surface area contributed by atoms with Crippen LogP contribution in [-0.4, -0.2) is 15.4 Å². The molecular weight excluding hydrogens is 338 g/mol. The van der Waals surface area contributed by atoms with Gasteiger partial charge in [-0.3, -0.25) is 19.5 Å². The van der Waals surface area contributed by atoms with Crippen LogP contribution in [-0.2, 0) is 11.3 Å². The highest BCUT2D eigenvalue weighted by molar-refractivity contribution is 5.91. The van der Waals surface area contributed by atoms with Gasteiger partial charge < -0.3 is 9.73 Å². The molecule has 1 N–H and O–H groups in total. The fraction of sp³-hybridized carbons (Fsp3) is 0.222. The third kappa shape index (κ3) is 3.64. The van der Waals surface area contributed by atoms with Crippen LogP contribution in [0.3, 0.4) is 0 Å². The first-order valence-corrected chi connectivity index (χ1v) is 8.09. The summed E-state index contributed by atoms with van der Waals surface area (Å²) in [5, 5.41) is 13.5. The lowest BCUT2D eigenvalue weighted by atomic mass is 10.1. The predicted molar refractivity (Wildman–Crippen MR) is 96.2 cm³/mol. The van der Waals surface area contributed by atoms with Crippen LogP contribution in [0.4, 0.5) is 11.4 Å². The molecule has 0 unspecified atom stereocenters. The number of nitro benzene ring substituents is 1. The van der Waals surface area contributed by atoms with E-state index in [2.05, 4.69) is 5.32 Å². The summed E-state index contributed by atoms with van der Waals surface area (Å²) < 4.78 is 6.63. The number of aryl methyl sites for hydroxylation is 2. The maximum atomic E-state index is 12.1. The highest BCUT2D eigenvalue weighted by atomic mass is 16.6. The number of rotatable bonds is 6. The van der Waals surface area contributed by atoms with Gasteiger partial charge >= 0.3 is 5.76 Å². The van der Waals surface area contributed by atoms with Crippen molar-refractivity contribution >= 4 is 28.4 Å². The Labute approximate surface area is 148 Å². The molecule has 0 fully saturated rings. The van der Waals surface area contributed by atoms with Crippen molar-refractivity contribution in [3.8, 4) is 0 Å². The number of carbonyl (C=O) groups is 1. The number of non-ortho nitro benzene ring substituents is 1. The molecule has 1 amide bonds. The fourth-order valence-electron chi connectivity index (χ4n) is 2.69. The zero-order valence-electron chi connectivity index (χ0n) is 14.1. The maximum Gasteiger partial charge on any atom is 0.419 e. The summed E-state index contributed by atoms with van der Waals surface area (Å²) in [6.07, 6.45) is 0.608. The summed E-state index contributed by atoms with van der Waals surface area (Å²) in [6, 6.07) is 11.4. The van der Waals surface area contributed by atoms with Gasteiger partial charge in [0.2, 0.25) is 5.91 Å². The summed E-state index contributed by atoms with van der Waals surface area (Å²) in [6.45, 7) is 2.10. The third-order valence-corrected chi connectivity index (χ3v) is 4.07. The summed E-state index contributed by atoms with van der Waals surface area (Å²) >= 11 is 0. The van der Waals surface area contributed by atoms with Crippen LogP contribution in [0.1, 0.15) is 18.4 Å². The Bertz CT molecular complexity index is 1030. The molecule has 3 rings (SSSR count). The van der Waals surface area contributed by atoms with Crippen LogP contribution in [0.15, 0.2) is 51.7 Å². The minimum atomic E-state index is -0.508. The van der Waals surface area contributed by atoms with Crippen molar-refractivity contribution in [2.24, 2.45) is 0 Å². The summed E-state index contributed by atoms with van der Waals surface area (Å²) in [5.74, 6) is -0.726. The number of nitrogens with zero attached hydrogens (tertiary/aromatic N) is 2. The first-order chi connectivity index (χ1) is 12.5. The van der Waals surface area contributed by atoms with Crippen LogP contribution < -0.4 is 11.1 Å². The van der Waals surface area contributed by atoms with Gasteiger partial charge in [-0.1, -0.05) is 18.2 Å². The average molecular weight is 355 g/mol. The first kappa shape index (κ1) is 17.4. The smallest absolute Gasteiger partial charge is 0.408 e. The van der Waals surface area contributed by atoms with Crippen molar-refractivity contribution in [1.29, 1.82) is 0 Å². The number of hydrogen-bond acceptors (Lipinski definition) is 5. The number of anilines is 1. The highest BCUT2D eigenvalue weighted by Crippen LogP contribution is 2.22. The minimum Gasteiger partial charge on any atom is -0.408 e. The number of para-hydroxylation sites is 2. The second kappa shape index (κ2) is 7.22. The van der Waals surface area contributed by atoms with Crippen molar-refractivity contribution < 1.29 is 14.1 Å². The Morgan fingerprint density at radius 1 is 1.27 bits per heavy atom. The Morgan fingerprint density at radius 3 is 2.81 bits per heavy atom. The summed E-state index contributed by atoms with van der Waals surface area (Å²) in [7, 11) is 0. The van der Waals surface area contributed by atoms with Gasteiger partial charge in [-0.2, -0.15) is 0 Å². The second-order valence-electron chi connectivity index (χ2n) is 5.90. The Kier molecular flexibility index (Phi) is 4.83. The lowest BCUT2D eigenvalue weighted by Gasteiger charge is -2.08. The average Bonchev–Trinajstić information content (AvgIpc) is 2.92. The van der Waals surface area contributed by atoms with E-state index in [9.17, 15) is 19.7 Å². The number of aromatic nitrogens is 1. The molecule has 3 aromatic rings. The maximum absolute atomic E-state index is 12.1. The number of oxazole rings is 1. The van der Waals surface area contributed by atoms with Crippen LogP contribution in [0.5, 0.6) is 0 Å². The van der Waals surface area contributed by atoms with Crippen LogP contribution in [0.25, 0.3) is 11.1 Å². The van der Waals surface area contributed by atoms with E-state index < -0.39 is 10.7 Å². The molecule has 26 heavy (non-hydrogen) atoms. The topological polar surface area (TPSA) is 107 Å². The van der Waals surface area contributed by atoms with Crippen molar-refractivity contribution in [3.63, 3.8) is 0 Å². The van der Waals surface area contributed by atoms with E-state index >= 15 is 0 Å². The molecule has 0 bridgehead atoms. The molecule has 1 aromatic heterocycles. The summed E-state index contributed by atoms with van der Waals surface area (Å²) in [4.78, 5) is 34.4. The lowest BCUT2D eigenvalue weighted by Crippen LogP contribution is -2.17. The van der Waals surface area contributed by atoms with E-state index in [1.54, 1.807) is 31.2 Å². The molecule has 1 heterocycles. The van der Waals surface area contributed by atoms with Gasteiger partial charge in [0.15, 0.2) is 5.58 Å². The van der Waals surface area contributed by atoms with Crippen LogP contribution >= 0.6 is 0 Å². The first-order valence-electron chi connectivity index (χ1n) is 8.09. The minimum absolute atomic E-state index is 0.0812. The van der Waals surface area contributed by atoms with E-state index in [1.807, 2.05) is 6.07 Å². The molecule has 0 spiro atoms. The molecule has 0 saturated carbocycles.